The van der Waals surface area contributed by atoms with Crippen molar-refractivity contribution < 1.29 is 24.0 Å². The molecule has 0 bridgehead atoms. The number of aryl methyl sites for hydroxylation is 1. The van der Waals surface area contributed by atoms with Gasteiger partial charge in [0.15, 0.2) is 5.75 Å². The van der Waals surface area contributed by atoms with Gasteiger partial charge in [-0.3, -0.25) is 19.7 Å². The van der Waals surface area contributed by atoms with Crippen LogP contribution in [-0.4, -0.2) is 52.6 Å². The van der Waals surface area contributed by atoms with Crippen molar-refractivity contribution >= 4 is 29.3 Å². The highest BCUT2D eigenvalue weighted by Crippen LogP contribution is 2.30. The monoisotopic (exact) mass is 382 g/mol. The Bertz CT molecular complexity index is 681. The zero-order chi connectivity index (χ0) is 19.1. The SMILES string of the molecule is CCOC(=O)CCC(=O)N1CCS[C@H]1COc1ccc(C)cc1[N+](=O)[O-]. The molecule has 0 aliphatic carbocycles. The summed E-state index contributed by atoms with van der Waals surface area (Å²) in [6.07, 6.45) is 0.130. The molecule has 0 aromatic heterocycles. The van der Waals surface area contributed by atoms with Gasteiger partial charge in [0.2, 0.25) is 5.91 Å². The van der Waals surface area contributed by atoms with Gasteiger partial charge in [-0.15, -0.1) is 11.8 Å². The Kier molecular flexibility index (Phi) is 7.26. The fourth-order valence-corrected chi connectivity index (χ4v) is 3.72. The molecule has 0 unspecified atom stereocenters. The van der Waals surface area contributed by atoms with E-state index in [1.165, 1.54) is 6.07 Å². The molecule has 1 atom stereocenters. The molecule has 8 nitrogen and oxygen atoms in total. The Morgan fingerprint density at radius 1 is 1.38 bits per heavy atom. The van der Waals surface area contributed by atoms with E-state index in [2.05, 4.69) is 0 Å². The van der Waals surface area contributed by atoms with Gasteiger partial charge < -0.3 is 14.4 Å². The molecule has 1 heterocycles. The Morgan fingerprint density at radius 3 is 2.85 bits per heavy atom. The Balaban J connectivity index is 1.94. The summed E-state index contributed by atoms with van der Waals surface area (Å²) in [5.74, 6) is 0.410. The maximum absolute atomic E-state index is 12.3. The number of ether oxygens (including phenoxy) is 2. The van der Waals surface area contributed by atoms with E-state index in [1.807, 2.05) is 0 Å². The molecule has 1 amide bonds. The fourth-order valence-electron chi connectivity index (χ4n) is 2.58. The van der Waals surface area contributed by atoms with Crippen molar-refractivity contribution in [1.82, 2.24) is 4.90 Å². The number of hydrogen-bond acceptors (Lipinski definition) is 7. The second-order valence-corrected chi connectivity index (χ2v) is 7.04. The molecule has 1 fully saturated rings. The van der Waals surface area contributed by atoms with Crippen molar-refractivity contribution in [3.05, 3.63) is 33.9 Å². The highest BCUT2D eigenvalue weighted by Gasteiger charge is 2.30. The van der Waals surface area contributed by atoms with Crippen LogP contribution >= 0.6 is 11.8 Å². The normalized spacial score (nSPS) is 16.4. The van der Waals surface area contributed by atoms with Gasteiger partial charge in [0.05, 0.1) is 18.0 Å². The lowest BCUT2D eigenvalue weighted by Crippen LogP contribution is -2.38. The molecule has 1 saturated heterocycles. The smallest absolute Gasteiger partial charge is 0.311 e. The van der Waals surface area contributed by atoms with E-state index in [4.69, 9.17) is 9.47 Å². The number of nitrogens with zero attached hydrogens (tertiary/aromatic N) is 2. The number of benzene rings is 1. The molecule has 2 rings (SSSR count). The zero-order valence-corrected chi connectivity index (χ0v) is 15.6. The summed E-state index contributed by atoms with van der Waals surface area (Å²) in [5, 5.41) is 10.9. The van der Waals surface area contributed by atoms with Crippen molar-refractivity contribution in [2.24, 2.45) is 0 Å². The first-order valence-electron chi connectivity index (χ1n) is 8.37. The summed E-state index contributed by atoms with van der Waals surface area (Å²) >= 11 is 1.55. The van der Waals surface area contributed by atoms with E-state index in [0.29, 0.717) is 13.2 Å². The standard InChI is InChI=1S/C17H22N2O6S/c1-3-24-17(21)7-6-15(20)18-8-9-26-16(18)11-25-14-5-4-12(2)10-13(14)19(22)23/h4-5,10,16H,3,6-9,11H2,1-2H3/t16-/m0/s1. The van der Waals surface area contributed by atoms with Crippen molar-refractivity contribution in [3.8, 4) is 5.75 Å². The summed E-state index contributed by atoms with van der Waals surface area (Å²) in [6.45, 7) is 4.50. The molecule has 142 valence electrons. The van der Waals surface area contributed by atoms with Gasteiger partial charge in [-0.05, 0) is 25.5 Å². The highest BCUT2D eigenvalue weighted by molar-refractivity contribution is 8.00. The largest absolute Gasteiger partial charge is 0.484 e. The van der Waals surface area contributed by atoms with Crippen molar-refractivity contribution in [1.29, 1.82) is 0 Å². The average molecular weight is 382 g/mol. The van der Waals surface area contributed by atoms with E-state index < -0.39 is 10.9 Å². The number of esters is 1. The highest BCUT2D eigenvalue weighted by atomic mass is 32.2. The van der Waals surface area contributed by atoms with Gasteiger partial charge in [-0.2, -0.15) is 0 Å². The molecule has 0 N–H and O–H groups in total. The summed E-state index contributed by atoms with van der Waals surface area (Å²) in [7, 11) is 0. The molecular weight excluding hydrogens is 360 g/mol. The third-order valence-corrected chi connectivity index (χ3v) is 5.04. The van der Waals surface area contributed by atoms with Crippen LogP contribution in [0.1, 0.15) is 25.3 Å². The molecule has 9 heteroatoms. The first kappa shape index (κ1) is 20.0. The Labute approximate surface area is 156 Å². The minimum absolute atomic E-state index is 0.0465. The predicted octanol–water partition coefficient (Wildman–Crippen LogP) is 2.53. The van der Waals surface area contributed by atoms with Gasteiger partial charge >= 0.3 is 11.7 Å². The number of nitro benzene ring substituents is 1. The number of thioether (sulfide) groups is 1. The average Bonchev–Trinajstić information content (AvgIpc) is 3.07. The summed E-state index contributed by atoms with van der Waals surface area (Å²) in [5.41, 5.74) is 0.684. The van der Waals surface area contributed by atoms with E-state index >= 15 is 0 Å². The van der Waals surface area contributed by atoms with Crippen LogP contribution in [0, 0.1) is 17.0 Å². The third kappa shape index (κ3) is 5.35. The number of rotatable bonds is 8. The lowest BCUT2D eigenvalue weighted by atomic mass is 10.2. The molecular formula is C17H22N2O6S. The van der Waals surface area contributed by atoms with Crippen LogP contribution in [0.25, 0.3) is 0 Å². The van der Waals surface area contributed by atoms with Crippen LogP contribution in [-0.2, 0) is 14.3 Å². The van der Waals surface area contributed by atoms with Crippen LogP contribution in [0.3, 0.4) is 0 Å². The molecule has 0 saturated carbocycles. The first-order chi connectivity index (χ1) is 12.4. The number of carbonyl (C=O) groups excluding carboxylic acids is 2. The Morgan fingerprint density at radius 2 is 2.15 bits per heavy atom. The number of nitro groups is 1. The van der Waals surface area contributed by atoms with Crippen LogP contribution < -0.4 is 4.74 Å². The molecule has 1 aliphatic rings. The van der Waals surface area contributed by atoms with Gasteiger partial charge in [-0.25, -0.2) is 0 Å². The molecule has 26 heavy (non-hydrogen) atoms. The van der Waals surface area contributed by atoms with Crippen LogP contribution in [0.2, 0.25) is 0 Å². The number of carbonyl (C=O) groups is 2. The minimum atomic E-state index is -0.480. The van der Waals surface area contributed by atoms with Crippen LogP contribution in [0.15, 0.2) is 18.2 Å². The fraction of sp³-hybridized carbons (Fsp3) is 0.529. The van der Waals surface area contributed by atoms with E-state index in [-0.39, 0.29) is 42.2 Å². The second-order valence-electron chi connectivity index (χ2n) is 5.76. The predicted molar refractivity (Wildman–Crippen MR) is 97.2 cm³/mol. The van der Waals surface area contributed by atoms with Crippen molar-refractivity contribution in [2.75, 3.05) is 25.5 Å². The van der Waals surface area contributed by atoms with E-state index in [1.54, 1.807) is 42.6 Å². The quantitative estimate of drug-likeness (QED) is 0.387. The van der Waals surface area contributed by atoms with Crippen LogP contribution in [0.5, 0.6) is 5.75 Å². The van der Waals surface area contributed by atoms with E-state index in [0.717, 1.165) is 11.3 Å². The van der Waals surface area contributed by atoms with Gasteiger partial charge in [0.25, 0.3) is 0 Å². The van der Waals surface area contributed by atoms with Crippen molar-refractivity contribution in [3.63, 3.8) is 0 Å². The first-order valence-corrected chi connectivity index (χ1v) is 9.41. The summed E-state index contributed by atoms with van der Waals surface area (Å²) in [6, 6.07) is 4.77. The van der Waals surface area contributed by atoms with E-state index in [9.17, 15) is 19.7 Å². The van der Waals surface area contributed by atoms with Gasteiger partial charge in [0, 0.05) is 24.8 Å². The van der Waals surface area contributed by atoms with Crippen LogP contribution in [0.4, 0.5) is 5.69 Å². The van der Waals surface area contributed by atoms with Gasteiger partial charge in [-0.1, -0.05) is 6.07 Å². The molecule has 1 aromatic rings. The summed E-state index contributed by atoms with van der Waals surface area (Å²) < 4.78 is 10.5. The zero-order valence-electron chi connectivity index (χ0n) is 14.8. The maximum Gasteiger partial charge on any atom is 0.311 e. The molecule has 1 aliphatic heterocycles. The second kappa shape index (κ2) is 9.42. The Hall–Kier alpha value is -2.29. The minimum Gasteiger partial charge on any atom is -0.484 e. The third-order valence-electron chi connectivity index (χ3n) is 3.85. The number of amides is 1. The summed E-state index contributed by atoms with van der Waals surface area (Å²) in [4.78, 5) is 36.1. The lowest BCUT2D eigenvalue weighted by molar-refractivity contribution is -0.385. The maximum atomic E-state index is 12.3. The van der Waals surface area contributed by atoms with Gasteiger partial charge in [0.1, 0.15) is 12.0 Å². The molecule has 0 radical (unpaired) electrons. The molecule has 0 spiro atoms. The topological polar surface area (TPSA) is 99.0 Å². The number of hydrogen-bond donors (Lipinski definition) is 0. The van der Waals surface area contributed by atoms with Crippen molar-refractivity contribution in [2.45, 2.75) is 32.1 Å². The lowest BCUT2D eigenvalue weighted by Gasteiger charge is -2.23. The molecule has 1 aromatic carbocycles.